The Hall–Kier alpha value is -1.01. The highest BCUT2D eigenvalue weighted by Gasteiger charge is 2.10. The summed E-state index contributed by atoms with van der Waals surface area (Å²) in [4.78, 5) is 15.2. The first kappa shape index (κ1) is 10.1. The molecule has 1 rings (SSSR count). The Morgan fingerprint density at radius 3 is 2.92 bits per heavy atom. The lowest BCUT2D eigenvalue weighted by Gasteiger charge is -2.03. The summed E-state index contributed by atoms with van der Waals surface area (Å²) < 4.78 is 3.87. The van der Waals surface area contributed by atoms with E-state index in [1.54, 1.807) is 13.8 Å². The van der Waals surface area contributed by atoms with Gasteiger partial charge in [-0.1, -0.05) is 0 Å². The quantitative estimate of drug-likeness (QED) is 0.719. The molecule has 0 spiro atoms. The fraction of sp³-hybridized carbons (Fsp3) is 0.571. The molecule has 0 aliphatic rings. The second-order valence-corrected chi connectivity index (χ2v) is 3.46. The van der Waals surface area contributed by atoms with E-state index in [9.17, 15) is 4.79 Å². The first-order valence-electron chi connectivity index (χ1n) is 3.86. The van der Waals surface area contributed by atoms with Gasteiger partial charge in [0.25, 0.3) is 5.91 Å². The van der Waals surface area contributed by atoms with E-state index in [1.807, 2.05) is 0 Å². The topological polar surface area (TPSA) is 75.1 Å². The molecule has 0 saturated heterocycles. The van der Waals surface area contributed by atoms with E-state index in [4.69, 9.17) is 5.11 Å². The zero-order valence-corrected chi connectivity index (χ0v) is 8.26. The second kappa shape index (κ2) is 4.29. The Balaban J connectivity index is 2.49. The van der Waals surface area contributed by atoms with Gasteiger partial charge < -0.3 is 10.4 Å². The largest absolute Gasteiger partial charge is 0.392 e. The number of nitrogens with one attached hydrogen (secondary N) is 1. The number of carbonyl (C=O) groups excluding carboxylic acids is 1. The second-order valence-electron chi connectivity index (χ2n) is 2.71. The number of hydrogen-bond donors (Lipinski definition) is 2. The van der Waals surface area contributed by atoms with Crippen molar-refractivity contribution in [1.29, 1.82) is 0 Å². The van der Waals surface area contributed by atoms with Gasteiger partial charge >= 0.3 is 0 Å². The van der Waals surface area contributed by atoms with E-state index in [0.29, 0.717) is 10.8 Å². The summed E-state index contributed by atoms with van der Waals surface area (Å²) >= 11 is 1.05. The number of hydrogen-bond acceptors (Lipinski definition) is 5. The smallest absolute Gasteiger partial charge is 0.281 e. The van der Waals surface area contributed by atoms with Gasteiger partial charge in [-0.25, -0.2) is 4.98 Å². The summed E-state index contributed by atoms with van der Waals surface area (Å²) in [5.41, 5.74) is 0. The van der Waals surface area contributed by atoms with Crippen LogP contribution in [-0.2, 0) is 0 Å². The van der Waals surface area contributed by atoms with Crippen molar-refractivity contribution in [2.75, 3.05) is 6.54 Å². The van der Waals surface area contributed by atoms with Crippen LogP contribution in [0.1, 0.15) is 22.6 Å². The molecular weight excluding hydrogens is 190 g/mol. The fourth-order valence-electron chi connectivity index (χ4n) is 0.705. The van der Waals surface area contributed by atoms with E-state index in [2.05, 4.69) is 14.7 Å². The molecule has 0 aromatic carbocycles. The van der Waals surface area contributed by atoms with Gasteiger partial charge in [-0.05, 0) is 25.4 Å². The van der Waals surface area contributed by atoms with Crippen molar-refractivity contribution in [3.8, 4) is 0 Å². The molecule has 0 unspecified atom stereocenters. The van der Waals surface area contributed by atoms with Gasteiger partial charge in [-0.2, -0.15) is 4.37 Å². The summed E-state index contributed by atoms with van der Waals surface area (Å²) in [6.45, 7) is 3.56. The van der Waals surface area contributed by atoms with Crippen LogP contribution in [0.5, 0.6) is 0 Å². The molecule has 0 saturated carbocycles. The number of aryl methyl sites for hydroxylation is 1. The first-order valence-corrected chi connectivity index (χ1v) is 4.63. The highest BCUT2D eigenvalue weighted by molar-refractivity contribution is 7.07. The normalized spacial score (nSPS) is 12.5. The number of aromatic nitrogens is 2. The average Bonchev–Trinajstić information content (AvgIpc) is 2.47. The standard InChI is InChI=1S/C7H11N3O2S/c1-4(11)3-8-6(12)7-9-5(2)10-13-7/h4,11H,3H2,1-2H3,(H,8,12)/t4-/m1/s1. The predicted molar refractivity (Wildman–Crippen MR) is 48.7 cm³/mol. The Morgan fingerprint density at radius 2 is 2.46 bits per heavy atom. The molecule has 1 aromatic heterocycles. The number of aliphatic hydroxyl groups is 1. The lowest BCUT2D eigenvalue weighted by molar-refractivity contribution is 0.0923. The molecule has 1 atom stereocenters. The molecule has 2 N–H and O–H groups in total. The molecule has 72 valence electrons. The molecule has 0 aliphatic carbocycles. The van der Waals surface area contributed by atoms with Gasteiger partial charge in [0, 0.05) is 6.54 Å². The van der Waals surface area contributed by atoms with E-state index >= 15 is 0 Å². The Bertz CT molecular complexity index is 298. The number of aliphatic hydroxyl groups excluding tert-OH is 1. The Labute approximate surface area is 80.0 Å². The van der Waals surface area contributed by atoms with Crippen molar-refractivity contribution in [2.24, 2.45) is 0 Å². The Kier molecular flexibility index (Phi) is 3.32. The van der Waals surface area contributed by atoms with Crippen LogP contribution in [0, 0.1) is 6.92 Å². The third kappa shape index (κ3) is 3.08. The van der Waals surface area contributed by atoms with E-state index in [0.717, 1.165) is 11.5 Å². The lowest BCUT2D eigenvalue weighted by Crippen LogP contribution is -2.30. The molecular formula is C7H11N3O2S. The van der Waals surface area contributed by atoms with Crippen LogP contribution in [0.3, 0.4) is 0 Å². The van der Waals surface area contributed by atoms with Crippen molar-refractivity contribution in [3.63, 3.8) is 0 Å². The molecule has 6 heteroatoms. The third-order valence-electron chi connectivity index (χ3n) is 1.28. The van der Waals surface area contributed by atoms with Gasteiger partial charge in [0.1, 0.15) is 5.82 Å². The summed E-state index contributed by atoms with van der Waals surface area (Å²) in [7, 11) is 0. The summed E-state index contributed by atoms with van der Waals surface area (Å²) in [5.74, 6) is 0.304. The van der Waals surface area contributed by atoms with E-state index < -0.39 is 6.10 Å². The lowest BCUT2D eigenvalue weighted by atomic mass is 10.4. The van der Waals surface area contributed by atoms with Crippen LogP contribution < -0.4 is 5.32 Å². The van der Waals surface area contributed by atoms with Crippen molar-refractivity contribution in [3.05, 3.63) is 10.8 Å². The Morgan fingerprint density at radius 1 is 1.77 bits per heavy atom. The van der Waals surface area contributed by atoms with Crippen LogP contribution in [0.4, 0.5) is 0 Å². The highest BCUT2D eigenvalue weighted by atomic mass is 32.1. The molecule has 1 amide bonds. The number of rotatable bonds is 3. The van der Waals surface area contributed by atoms with Gasteiger partial charge in [0.05, 0.1) is 6.10 Å². The molecule has 0 radical (unpaired) electrons. The minimum Gasteiger partial charge on any atom is -0.392 e. The van der Waals surface area contributed by atoms with Crippen LogP contribution in [0.2, 0.25) is 0 Å². The van der Waals surface area contributed by atoms with Crippen LogP contribution in [-0.4, -0.2) is 33.0 Å². The molecule has 0 aliphatic heterocycles. The third-order valence-corrected chi connectivity index (χ3v) is 2.08. The summed E-state index contributed by atoms with van der Waals surface area (Å²) in [5, 5.41) is 11.8. The van der Waals surface area contributed by atoms with Gasteiger partial charge in [-0.15, -0.1) is 0 Å². The SMILES string of the molecule is Cc1nsc(C(=O)NC[C@@H](C)O)n1. The first-order chi connectivity index (χ1) is 6.09. The predicted octanol–water partition coefficient (Wildman–Crippen LogP) is -0.0429. The maximum absolute atomic E-state index is 11.2. The monoisotopic (exact) mass is 201 g/mol. The zero-order valence-electron chi connectivity index (χ0n) is 7.44. The van der Waals surface area contributed by atoms with Gasteiger partial charge in [0.15, 0.2) is 0 Å². The molecule has 5 nitrogen and oxygen atoms in total. The summed E-state index contributed by atoms with van der Waals surface area (Å²) in [6, 6.07) is 0. The zero-order chi connectivity index (χ0) is 9.84. The van der Waals surface area contributed by atoms with E-state index in [-0.39, 0.29) is 12.5 Å². The molecule has 0 bridgehead atoms. The highest BCUT2D eigenvalue weighted by Crippen LogP contribution is 2.02. The minimum absolute atomic E-state index is 0.234. The van der Waals surface area contributed by atoms with Gasteiger partial charge in [-0.3, -0.25) is 4.79 Å². The van der Waals surface area contributed by atoms with Crippen LogP contribution in [0.25, 0.3) is 0 Å². The van der Waals surface area contributed by atoms with Crippen LogP contribution >= 0.6 is 11.5 Å². The van der Waals surface area contributed by atoms with E-state index in [1.165, 1.54) is 0 Å². The molecule has 13 heavy (non-hydrogen) atoms. The number of carbonyl (C=O) groups is 1. The fourth-order valence-corrected chi connectivity index (χ4v) is 1.29. The molecule has 0 fully saturated rings. The number of nitrogens with zero attached hydrogens (tertiary/aromatic N) is 2. The summed E-state index contributed by atoms with van der Waals surface area (Å²) in [6.07, 6.45) is -0.544. The van der Waals surface area contributed by atoms with Crippen LogP contribution in [0.15, 0.2) is 0 Å². The van der Waals surface area contributed by atoms with Crippen molar-refractivity contribution in [1.82, 2.24) is 14.7 Å². The maximum atomic E-state index is 11.2. The maximum Gasteiger partial charge on any atom is 0.281 e. The average molecular weight is 201 g/mol. The number of amides is 1. The van der Waals surface area contributed by atoms with Crippen molar-refractivity contribution >= 4 is 17.4 Å². The minimum atomic E-state index is -0.544. The van der Waals surface area contributed by atoms with Crippen molar-refractivity contribution < 1.29 is 9.90 Å². The molecule has 1 aromatic rings. The molecule has 1 heterocycles. The van der Waals surface area contributed by atoms with Crippen molar-refractivity contribution in [2.45, 2.75) is 20.0 Å². The van der Waals surface area contributed by atoms with Gasteiger partial charge in [0.2, 0.25) is 5.01 Å².